The quantitative estimate of drug-likeness (QED) is 0.902. The molecule has 0 aliphatic carbocycles. The number of benzene rings is 1. The van der Waals surface area contributed by atoms with Crippen LogP contribution < -0.4 is 10.6 Å². The zero-order valence-electron chi connectivity index (χ0n) is 10.3. The number of aromatic nitrogens is 2. The van der Waals surface area contributed by atoms with Crippen LogP contribution in [0.25, 0.3) is 0 Å². The number of nitrogens with two attached hydrogens (primary N) is 1. The molecule has 2 N–H and O–H groups in total. The molecule has 5 nitrogen and oxygen atoms in total. The fraction of sp³-hybridized carbons (Fsp3) is 0.333. The Bertz CT molecular complexity index is 526. The topological polar surface area (TPSA) is 68.2 Å². The molecule has 1 aromatic heterocycles. The highest BCUT2D eigenvalue weighted by atomic mass is 19.1. The minimum absolute atomic E-state index is 0.308. The van der Waals surface area contributed by atoms with Gasteiger partial charge in [0, 0.05) is 12.2 Å². The van der Waals surface area contributed by atoms with Crippen LogP contribution in [0.2, 0.25) is 0 Å². The van der Waals surface area contributed by atoms with Gasteiger partial charge in [-0.3, -0.25) is 4.90 Å². The van der Waals surface area contributed by atoms with Gasteiger partial charge in [-0.1, -0.05) is 11.2 Å². The third kappa shape index (κ3) is 2.48. The largest absolute Gasteiger partial charge is 0.406 e. The summed E-state index contributed by atoms with van der Waals surface area (Å²) in [6.07, 6.45) is 0. The van der Waals surface area contributed by atoms with Crippen molar-refractivity contribution in [1.29, 1.82) is 0 Å². The van der Waals surface area contributed by atoms with Crippen LogP contribution in [-0.4, -0.2) is 16.7 Å². The number of anilines is 2. The highest BCUT2D eigenvalue weighted by Gasteiger charge is 2.16. The summed E-state index contributed by atoms with van der Waals surface area (Å²) >= 11 is 0. The molecule has 0 saturated heterocycles. The van der Waals surface area contributed by atoms with E-state index in [9.17, 15) is 4.39 Å². The maximum Gasteiger partial charge on any atom is 0.322 e. The van der Waals surface area contributed by atoms with Crippen molar-refractivity contribution in [1.82, 2.24) is 10.2 Å². The second-order valence-electron chi connectivity index (χ2n) is 3.94. The average Bonchev–Trinajstić information content (AvgIpc) is 2.80. The van der Waals surface area contributed by atoms with Crippen molar-refractivity contribution in [3.8, 4) is 0 Å². The molecule has 1 atom stereocenters. The Hall–Kier alpha value is -1.95. The molecule has 0 radical (unpaired) electrons. The van der Waals surface area contributed by atoms with Crippen LogP contribution in [-0.2, 0) is 0 Å². The SMILES string of the molecule is CCN(c1cccc(F)c1)c1nnc(C(C)N)o1. The zero-order chi connectivity index (χ0) is 13.1. The van der Waals surface area contributed by atoms with Gasteiger partial charge in [-0.05, 0) is 32.0 Å². The standard InChI is InChI=1S/C12H15FN4O/c1-3-17(10-6-4-5-9(13)7-10)12-16-15-11(18-12)8(2)14/h4-8H,3,14H2,1-2H3. The molecule has 0 fully saturated rings. The molecule has 1 aromatic carbocycles. The summed E-state index contributed by atoms with van der Waals surface area (Å²) in [6, 6.07) is 6.21. The van der Waals surface area contributed by atoms with E-state index < -0.39 is 0 Å². The van der Waals surface area contributed by atoms with Crippen molar-refractivity contribution >= 4 is 11.7 Å². The fourth-order valence-corrected chi connectivity index (χ4v) is 1.59. The summed E-state index contributed by atoms with van der Waals surface area (Å²) < 4.78 is 18.6. The smallest absolute Gasteiger partial charge is 0.322 e. The van der Waals surface area contributed by atoms with E-state index in [1.165, 1.54) is 12.1 Å². The monoisotopic (exact) mass is 250 g/mol. The summed E-state index contributed by atoms with van der Waals surface area (Å²) in [5.41, 5.74) is 6.32. The summed E-state index contributed by atoms with van der Waals surface area (Å²) in [5, 5.41) is 7.78. The van der Waals surface area contributed by atoms with Gasteiger partial charge in [0.25, 0.3) is 0 Å². The molecule has 0 saturated carbocycles. The number of rotatable bonds is 4. The first-order valence-electron chi connectivity index (χ1n) is 5.74. The van der Waals surface area contributed by atoms with Crippen LogP contribution in [0.4, 0.5) is 16.1 Å². The van der Waals surface area contributed by atoms with Gasteiger partial charge < -0.3 is 10.2 Å². The van der Waals surface area contributed by atoms with Gasteiger partial charge in [-0.25, -0.2) is 4.39 Å². The van der Waals surface area contributed by atoms with Gasteiger partial charge in [-0.2, -0.15) is 0 Å². The van der Waals surface area contributed by atoms with E-state index in [1.807, 2.05) is 6.92 Å². The number of hydrogen-bond donors (Lipinski definition) is 1. The van der Waals surface area contributed by atoms with Gasteiger partial charge in [0.15, 0.2) is 0 Å². The molecule has 2 aromatic rings. The predicted octanol–water partition coefficient (Wildman–Crippen LogP) is 2.39. The van der Waals surface area contributed by atoms with E-state index in [0.29, 0.717) is 24.1 Å². The number of hydrogen-bond acceptors (Lipinski definition) is 5. The normalized spacial score (nSPS) is 12.4. The van der Waals surface area contributed by atoms with Crippen molar-refractivity contribution in [3.63, 3.8) is 0 Å². The van der Waals surface area contributed by atoms with Crippen molar-refractivity contribution < 1.29 is 8.81 Å². The van der Waals surface area contributed by atoms with E-state index in [-0.39, 0.29) is 11.9 Å². The second kappa shape index (κ2) is 5.14. The van der Waals surface area contributed by atoms with Gasteiger partial charge in [0.2, 0.25) is 5.89 Å². The molecule has 0 spiro atoms. The van der Waals surface area contributed by atoms with Gasteiger partial charge in [0.1, 0.15) is 5.82 Å². The molecule has 0 amide bonds. The lowest BCUT2D eigenvalue weighted by molar-refractivity contribution is 0.465. The lowest BCUT2D eigenvalue weighted by Crippen LogP contribution is -2.16. The lowest BCUT2D eigenvalue weighted by atomic mass is 10.3. The first-order valence-corrected chi connectivity index (χ1v) is 5.74. The third-order valence-corrected chi connectivity index (χ3v) is 2.49. The Morgan fingerprint density at radius 3 is 2.78 bits per heavy atom. The van der Waals surface area contributed by atoms with Gasteiger partial charge in [-0.15, -0.1) is 5.10 Å². The Labute approximate surface area is 104 Å². The molecule has 2 rings (SSSR count). The maximum absolute atomic E-state index is 13.2. The molecular weight excluding hydrogens is 235 g/mol. The maximum atomic E-state index is 13.2. The highest BCUT2D eigenvalue weighted by Crippen LogP contribution is 2.25. The number of halogens is 1. The molecule has 18 heavy (non-hydrogen) atoms. The van der Waals surface area contributed by atoms with Crippen LogP contribution in [0.5, 0.6) is 0 Å². The molecular formula is C12H15FN4O. The van der Waals surface area contributed by atoms with Crippen molar-refractivity contribution in [3.05, 3.63) is 36.0 Å². The van der Waals surface area contributed by atoms with Crippen molar-refractivity contribution in [2.24, 2.45) is 5.73 Å². The van der Waals surface area contributed by atoms with E-state index >= 15 is 0 Å². The van der Waals surface area contributed by atoms with E-state index in [1.54, 1.807) is 24.0 Å². The van der Waals surface area contributed by atoms with Crippen LogP contribution in [0, 0.1) is 5.82 Å². The predicted molar refractivity (Wildman–Crippen MR) is 66.0 cm³/mol. The minimum Gasteiger partial charge on any atom is -0.406 e. The van der Waals surface area contributed by atoms with Crippen LogP contribution in [0.1, 0.15) is 25.8 Å². The fourth-order valence-electron chi connectivity index (χ4n) is 1.59. The third-order valence-electron chi connectivity index (χ3n) is 2.49. The Morgan fingerprint density at radius 1 is 1.44 bits per heavy atom. The average molecular weight is 250 g/mol. The number of nitrogens with zero attached hydrogens (tertiary/aromatic N) is 3. The molecule has 1 heterocycles. The van der Waals surface area contributed by atoms with E-state index in [4.69, 9.17) is 10.2 Å². The van der Waals surface area contributed by atoms with E-state index in [0.717, 1.165) is 0 Å². The molecule has 96 valence electrons. The van der Waals surface area contributed by atoms with Crippen LogP contribution >= 0.6 is 0 Å². The molecule has 0 aliphatic heterocycles. The first-order chi connectivity index (χ1) is 8.61. The lowest BCUT2D eigenvalue weighted by Gasteiger charge is -2.17. The summed E-state index contributed by atoms with van der Waals surface area (Å²) in [4.78, 5) is 1.72. The molecule has 6 heteroatoms. The molecule has 1 unspecified atom stereocenters. The van der Waals surface area contributed by atoms with E-state index in [2.05, 4.69) is 10.2 Å². The summed E-state index contributed by atoms with van der Waals surface area (Å²) in [5.74, 6) is 0.0535. The van der Waals surface area contributed by atoms with Crippen molar-refractivity contribution in [2.45, 2.75) is 19.9 Å². The van der Waals surface area contributed by atoms with Crippen molar-refractivity contribution in [2.75, 3.05) is 11.4 Å². The van der Waals surface area contributed by atoms with Crippen LogP contribution in [0.15, 0.2) is 28.7 Å². The van der Waals surface area contributed by atoms with Crippen LogP contribution in [0.3, 0.4) is 0 Å². The highest BCUT2D eigenvalue weighted by molar-refractivity contribution is 5.55. The second-order valence-corrected chi connectivity index (χ2v) is 3.94. The Kier molecular flexibility index (Phi) is 3.57. The molecule has 0 bridgehead atoms. The van der Waals surface area contributed by atoms with Gasteiger partial charge in [0.05, 0.1) is 6.04 Å². The molecule has 0 aliphatic rings. The Morgan fingerprint density at radius 2 is 2.22 bits per heavy atom. The zero-order valence-corrected chi connectivity index (χ0v) is 10.3. The summed E-state index contributed by atoms with van der Waals surface area (Å²) in [6.45, 7) is 4.26. The minimum atomic E-state index is -0.322. The van der Waals surface area contributed by atoms with Gasteiger partial charge >= 0.3 is 6.01 Å². The Balaban J connectivity index is 2.33. The first kappa shape index (κ1) is 12.5. The summed E-state index contributed by atoms with van der Waals surface area (Å²) in [7, 11) is 0.